The number of phosphoric acid groups is 3. The number of aromatic nitrogens is 7. The number of halogens is 1. The SMILES string of the molecule is Nc1nc2c(ncn2C2OC(COP(=O)([O-])OP(=O)([O-])OP(=O)([O-])OC[C@H]3O[C@@H](c4cn(CCOc5ccc(Cl)cc5)c5c(=O)[nH]c(N)nc45)C(O)C3O)[C@@H](O)[C@H]2O)c(=O)[nH]1. The first kappa shape index (κ1) is 44.9. The van der Waals surface area contributed by atoms with Crippen LogP contribution in [-0.2, 0) is 47.4 Å². The highest BCUT2D eigenvalue weighted by Crippen LogP contribution is 2.63. The van der Waals surface area contributed by atoms with E-state index in [0.717, 1.165) is 10.9 Å². The van der Waals surface area contributed by atoms with Gasteiger partial charge in [-0.15, -0.1) is 0 Å². The number of fused-ring (bicyclic) bond motifs is 2. The Kier molecular flexibility index (Phi) is 12.7. The fourth-order valence-corrected chi connectivity index (χ4v) is 9.94. The van der Waals surface area contributed by atoms with Gasteiger partial charge < -0.3 is 74.4 Å². The number of hydrogen-bond donors (Lipinski definition) is 8. The van der Waals surface area contributed by atoms with Crippen molar-refractivity contribution in [2.45, 2.75) is 55.5 Å². The number of aromatic amines is 2. The van der Waals surface area contributed by atoms with Gasteiger partial charge in [0.25, 0.3) is 34.6 Å². The van der Waals surface area contributed by atoms with E-state index in [-0.39, 0.29) is 52.8 Å². The molecular formula is C29H32ClN9O19P3-3. The molecule has 332 valence electrons. The minimum Gasteiger partial charge on any atom is -0.756 e. The zero-order valence-electron chi connectivity index (χ0n) is 30.4. The average Bonchev–Trinajstić information content (AvgIpc) is 3.89. The van der Waals surface area contributed by atoms with Crippen molar-refractivity contribution < 1.29 is 80.7 Å². The quantitative estimate of drug-likeness (QED) is 0.0457. The van der Waals surface area contributed by atoms with Crippen LogP contribution in [-0.4, -0.2) is 111 Å². The van der Waals surface area contributed by atoms with Crippen molar-refractivity contribution in [3.8, 4) is 5.75 Å². The van der Waals surface area contributed by atoms with E-state index >= 15 is 0 Å². The fourth-order valence-electron chi connectivity index (χ4n) is 6.43. The van der Waals surface area contributed by atoms with Crippen LogP contribution >= 0.6 is 35.1 Å². The molecule has 1 aromatic carbocycles. The van der Waals surface area contributed by atoms with Gasteiger partial charge in [0.2, 0.25) is 11.9 Å². The van der Waals surface area contributed by atoms with Gasteiger partial charge in [0, 0.05) is 16.8 Å². The highest BCUT2D eigenvalue weighted by molar-refractivity contribution is 7.65. The maximum atomic E-state index is 12.9. The second-order valence-corrected chi connectivity index (χ2v) is 18.2. The fraction of sp³-hybridized carbons (Fsp3) is 0.414. The minimum atomic E-state index is -6.42. The summed E-state index contributed by atoms with van der Waals surface area (Å²) >= 11 is 5.90. The Labute approximate surface area is 344 Å². The number of nitrogens with two attached hydrogens (primary N) is 2. The predicted octanol–water partition coefficient (Wildman–Crippen LogP) is -2.99. The third-order valence-electron chi connectivity index (χ3n) is 9.11. The van der Waals surface area contributed by atoms with Gasteiger partial charge in [0.05, 0.1) is 26.1 Å². The lowest BCUT2D eigenvalue weighted by Gasteiger charge is -2.34. The highest BCUT2D eigenvalue weighted by Gasteiger charge is 2.47. The molecule has 4 aromatic heterocycles. The van der Waals surface area contributed by atoms with Gasteiger partial charge in [0.1, 0.15) is 66.1 Å². The average molecular weight is 939 g/mol. The molecular weight excluding hydrogens is 907 g/mol. The molecule has 0 bridgehead atoms. The first-order valence-electron chi connectivity index (χ1n) is 17.3. The number of imidazole rings is 1. The van der Waals surface area contributed by atoms with Crippen LogP contribution in [0.3, 0.4) is 0 Å². The van der Waals surface area contributed by atoms with E-state index in [4.69, 9.17) is 37.3 Å². The van der Waals surface area contributed by atoms with Crippen LogP contribution in [0.15, 0.2) is 46.4 Å². The second-order valence-electron chi connectivity index (χ2n) is 13.2. The normalized spacial score (nSPS) is 27.3. The van der Waals surface area contributed by atoms with E-state index in [1.54, 1.807) is 24.3 Å². The maximum Gasteiger partial charge on any atom is 0.280 e. The monoisotopic (exact) mass is 938 g/mol. The van der Waals surface area contributed by atoms with Crippen molar-refractivity contribution in [3.63, 3.8) is 0 Å². The van der Waals surface area contributed by atoms with Gasteiger partial charge >= 0.3 is 0 Å². The highest BCUT2D eigenvalue weighted by atomic mass is 35.5. The van der Waals surface area contributed by atoms with Crippen molar-refractivity contribution in [1.82, 2.24) is 34.1 Å². The van der Waals surface area contributed by atoms with E-state index in [9.17, 15) is 58.4 Å². The summed E-state index contributed by atoms with van der Waals surface area (Å²) in [6, 6.07) is 6.44. The Bertz CT molecular complexity index is 2700. The first-order valence-corrected chi connectivity index (χ1v) is 22.1. The molecule has 0 saturated carbocycles. The number of H-pyrrole nitrogens is 2. The summed E-state index contributed by atoms with van der Waals surface area (Å²) in [5.74, 6) is -0.185. The number of anilines is 2. The third kappa shape index (κ3) is 9.75. The molecule has 0 amide bonds. The Morgan fingerprint density at radius 1 is 0.803 bits per heavy atom. The zero-order chi connectivity index (χ0) is 44.2. The molecule has 32 heteroatoms. The zero-order valence-corrected chi connectivity index (χ0v) is 33.9. The lowest BCUT2D eigenvalue weighted by atomic mass is 10.0. The molecule has 7 rings (SSSR count). The third-order valence-corrected chi connectivity index (χ3v) is 13.5. The molecule has 2 saturated heterocycles. The molecule has 6 heterocycles. The number of nitrogen functional groups attached to an aromatic ring is 2. The Hall–Kier alpha value is -4.15. The first-order chi connectivity index (χ1) is 28.6. The van der Waals surface area contributed by atoms with Crippen molar-refractivity contribution >= 4 is 69.2 Å². The molecule has 61 heavy (non-hydrogen) atoms. The molecule has 0 aliphatic carbocycles. The van der Waals surface area contributed by atoms with Crippen molar-refractivity contribution in [2.24, 2.45) is 0 Å². The molecule has 2 fully saturated rings. The summed E-state index contributed by atoms with van der Waals surface area (Å²) in [5, 5.41) is 43.1. The molecule has 10 N–H and O–H groups in total. The number of benzene rings is 1. The van der Waals surface area contributed by atoms with Crippen LogP contribution in [0.1, 0.15) is 17.9 Å². The smallest absolute Gasteiger partial charge is 0.280 e. The maximum absolute atomic E-state index is 12.9. The summed E-state index contributed by atoms with van der Waals surface area (Å²) in [4.78, 5) is 78.7. The van der Waals surface area contributed by atoms with Crippen LogP contribution in [0.25, 0.3) is 22.2 Å². The molecule has 28 nitrogen and oxygen atoms in total. The molecule has 2 aliphatic heterocycles. The van der Waals surface area contributed by atoms with Gasteiger partial charge in [-0.1, -0.05) is 11.6 Å². The Morgan fingerprint density at radius 3 is 2.05 bits per heavy atom. The Morgan fingerprint density at radius 2 is 1.39 bits per heavy atom. The number of rotatable bonds is 16. The van der Waals surface area contributed by atoms with Gasteiger partial charge in [-0.25, -0.2) is 18.6 Å². The topological polar surface area (TPSA) is 432 Å². The number of phosphoric ester groups is 2. The number of aliphatic hydroxyl groups excluding tert-OH is 4. The van der Waals surface area contributed by atoms with E-state index in [1.807, 2.05) is 0 Å². The van der Waals surface area contributed by atoms with Crippen molar-refractivity contribution in [2.75, 3.05) is 31.3 Å². The number of nitrogens with one attached hydrogen (secondary N) is 2. The summed E-state index contributed by atoms with van der Waals surface area (Å²) in [5.41, 5.74) is 9.38. The van der Waals surface area contributed by atoms with E-state index in [2.05, 4.69) is 42.6 Å². The summed E-state index contributed by atoms with van der Waals surface area (Å²) < 4.78 is 73.1. The van der Waals surface area contributed by atoms with Crippen molar-refractivity contribution in [1.29, 1.82) is 0 Å². The van der Waals surface area contributed by atoms with E-state index < -0.39 is 96.8 Å². The standard InChI is InChI=1S/C29H35ClN9O19P3/c30-11-1-3-12(4-2-11)52-6-5-38-7-13(16-18(38)26(45)37-28(31)34-16)23-21(42)19(40)14(55-23)8-53-59(46,47)57-61(50,51)58-60(48,49)54-9-15-20(41)22(43)27(56-15)39-10-33-17-24(39)35-29(32)36-25(17)44/h1-4,7,10,14-15,19-23,27,40-43H,5-6,8-9H2,(H,46,47)(H,48,49)(H,50,51)(H3,31,34,37,45)(H3,32,35,36,44)/p-3/t14-,15?,19?,20-,21?,22-,23+,27?/m1/s1. The second kappa shape index (κ2) is 17.2. The van der Waals surface area contributed by atoms with Crippen LogP contribution < -0.4 is 42.0 Å². The lowest BCUT2D eigenvalue weighted by molar-refractivity contribution is -0.252. The van der Waals surface area contributed by atoms with Gasteiger partial charge in [-0.2, -0.15) is 4.98 Å². The number of hydrogen-bond acceptors (Lipinski definition) is 24. The summed E-state index contributed by atoms with van der Waals surface area (Å²) in [6.45, 7) is -2.36. The molecule has 2 aliphatic rings. The molecule has 11 atom stereocenters. The number of ether oxygens (including phenoxy) is 3. The van der Waals surface area contributed by atoms with Gasteiger partial charge in [-0.3, -0.25) is 37.8 Å². The summed E-state index contributed by atoms with van der Waals surface area (Å²) in [6.07, 6.45) is -11.5. The lowest BCUT2D eigenvalue weighted by Crippen LogP contribution is -2.34. The van der Waals surface area contributed by atoms with Gasteiger partial charge in [-0.05, 0) is 24.3 Å². The number of nitrogens with zero attached hydrogens (tertiary/aromatic N) is 5. The number of aliphatic hydroxyl groups is 4. The van der Waals surface area contributed by atoms with Crippen LogP contribution in [0.2, 0.25) is 5.02 Å². The van der Waals surface area contributed by atoms with E-state index in [1.165, 1.54) is 10.8 Å². The molecule has 0 spiro atoms. The van der Waals surface area contributed by atoms with E-state index in [0.29, 0.717) is 10.8 Å². The Balaban J connectivity index is 0.952. The van der Waals surface area contributed by atoms with Crippen LogP contribution in [0.5, 0.6) is 5.75 Å². The summed E-state index contributed by atoms with van der Waals surface area (Å²) in [7, 11) is -18.6. The minimum absolute atomic E-state index is 0.0214. The molecule has 7 unspecified atom stereocenters. The van der Waals surface area contributed by atoms with Gasteiger partial charge in [0.15, 0.2) is 17.4 Å². The molecule has 0 radical (unpaired) electrons. The van der Waals surface area contributed by atoms with Crippen molar-refractivity contribution in [3.05, 3.63) is 68.1 Å². The molecule has 5 aromatic rings. The van der Waals surface area contributed by atoms with Crippen LogP contribution in [0, 0.1) is 0 Å². The van der Waals surface area contributed by atoms with Crippen LogP contribution in [0.4, 0.5) is 11.9 Å². The largest absolute Gasteiger partial charge is 0.756 e. The predicted molar refractivity (Wildman–Crippen MR) is 197 cm³/mol.